The molecule has 0 saturated carbocycles. The number of primary amides is 1. The van der Waals surface area contributed by atoms with E-state index in [0.29, 0.717) is 28.4 Å². The Kier molecular flexibility index (Phi) is 4.34. The standard InChI is InChI=1S/C21H19FN4O3/c1-21(2)14(11-3-6-18(24-9-11)25-10-17(23)27)8-16(29-21)19-13-7-12(22)4-5-15(13)26-20(19)28/h3-9H,10H2,1-2H3,(H2,23,27)(H,24,25)(H,26,28). The highest BCUT2D eigenvalue weighted by molar-refractivity contribution is 6.32. The molecule has 2 aromatic rings. The zero-order valence-electron chi connectivity index (χ0n) is 15.9. The van der Waals surface area contributed by atoms with Crippen molar-refractivity contribution in [2.75, 3.05) is 17.2 Å². The SMILES string of the molecule is CC1(C)OC(=C2C(=O)Nc3ccc(F)cc32)C=C1c1ccc(NCC(N)=O)nc1. The van der Waals surface area contributed by atoms with Crippen molar-refractivity contribution < 1.29 is 18.7 Å². The number of nitrogens with zero attached hydrogens (tertiary/aromatic N) is 1. The van der Waals surface area contributed by atoms with E-state index in [1.54, 1.807) is 18.3 Å². The molecule has 1 aromatic carbocycles. The van der Waals surface area contributed by atoms with Crippen LogP contribution in [0, 0.1) is 5.82 Å². The van der Waals surface area contributed by atoms with Crippen LogP contribution in [0.5, 0.6) is 0 Å². The number of carbonyl (C=O) groups is 2. The first-order valence-electron chi connectivity index (χ1n) is 9.00. The number of hydrogen-bond acceptors (Lipinski definition) is 5. The topological polar surface area (TPSA) is 106 Å². The Morgan fingerprint density at radius 3 is 2.79 bits per heavy atom. The molecule has 1 aromatic heterocycles. The molecule has 2 aliphatic rings. The number of carbonyl (C=O) groups excluding carboxylic acids is 2. The van der Waals surface area contributed by atoms with Gasteiger partial charge >= 0.3 is 0 Å². The van der Waals surface area contributed by atoms with E-state index in [-0.39, 0.29) is 12.5 Å². The van der Waals surface area contributed by atoms with E-state index in [1.807, 2.05) is 19.9 Å². The number of nitrogens with one attached hydrogen (secondary N) is 2. The van der Waals surface area contributed by atoms with E-state index in [9.17, 15) is 14.0 Å². The minimum Gasteiger partial charge on any atom is -0.482 e. The maximum atomic E-state index is 13.7. The molecule has 0 radical (unpaired) electrons. The van der Waals surface area contributed by atoms with Crippen LogP contribution in [0.25, 0.3) is 11.1 Å². The Labute approximate surface area is 166 Å². The summed E-state index contributed by atoms with van der Waals surface area (Å²) >= 11 is 0. The molecule has 0 unspecified atom stereocenters. The number of halogens is 1. The second kappa shape index (κ2) is 6.73. The number of aromatic nitrogens is 1. The molecule has 8 heteroatoms. The lowest BCUT2D eigenvalue weighted by Gasteiger charge is -2.23. The molecule has 0 atom stereocenters. The number of anilines is 2. The summed E-state index contributed by atoms with van der Waals surface area (Å²) in [5.41, 5.74) is 7.35. The van der Waals surface area contributed by atoms with Crippen LogP contribution in [0.4, 0.5) is 15.9 Å². The van der Waals surface area contributed by atoms with Crippen LogP contribution in [0.3, 0.4) is 0 Å². The van der Waals surface area contributed by atoms with Crippen LogP contribution < -0.4 is 16.4 Å². The highest BCUT2D eigenvalue weighted by Gasteiger charge is 2.38. The zero-order valence-corrected chi connectivity index (χ0v) is 15.9. The normalized spacial score (nSPS) is 19.3. The minimum atomic E-state index is -0.720. The number of rotatable bonds is 4. The van der Waals surface area contributed by atoms with Crippen molar-refractivity contribution in [3.8, 4) is 0 Å². The molecular weight excluding hydrogens is 375 g/mol. The number of amides is 2. The maximum Gasteiger partial charge on any atom is 0.260 e. The highest BCUT2D eigenvalue weighted by atomic mass is 19.1. The van der Waals surface area contributed by atoms with Gasteiger partial charge in [-0.2, -0.15) is 0 Å². The second-order valence-electron chi connectivity index (χ2n) is 7.31. The molecule has 2 amide bonds. The maximum absolute atomic E-state index is 13.7. The van der Waals surface area contributed by atoms with Gasteiger partial charge in [0, 0.05) is 28.6 Å². The van der Waals surface area contributed by atoms with E-state index in [4.69, 9.17) is 10.5 Å². The van der Waals surface area contributed by atoms with Crippen LogP contribution in [0.2, 0.25) is 0 Å². The van der Waals surface area contributed by atoms with Gasteiger partial charge in [-0.25, -0.2) is 9.37 Å². The van der Waals surface area contributed by atoms with Crippen molar-refractivity contribution in [1.82, 2.24) is 4.98 Å². The van der Waals surface area contributed by atoms with Crippen molar-refractivity contribution in [1.29, 1.82) is 0 Å². The largest absolute Gasteiger partial charge is 0.482 e. The molecule has 29 heavy (non-hydrogen) atoms. The quantitative estimate of drug-likeness (QED) is 0.692. The molecule has 4 N–H and O–H groups in total. The molecule has 3 heterocycles. The van der Waals surface area contributed by atoms with Gasteiger partial charge in [-0.1, -0.05) is 0 Å². The monoisotopic (exact) mass is 394 g/mol. The first kappa shape index (κ1) is 18.7. The average molecular weight is 394 g/mol. The number of allylic oxidation sites excluding steroid dienone is 1. The molecule has 0 aliphatic carbocycles. The summed E-state index contributed by atoms with van der Waals surface area (Å²) in [5, 5.41) is 5.56. The fourth-order valence-electron chi connectivity index (χ4n) is 3.44. The van der Waals surface area contributed by atoms with Crippen LogP contribution in [0.15, 0.2) is 48.4 Å². The molecule has 0 saturated heterocycles. The van der Waals surface area contributed by atoms with Gasteiger partial charge in [0.2, 0.25) is 5.91 Å². The fourth-order valence-corrected chi connectivity index (χ4v) is 3.44. The molecule has 0 spiro atoms. The number of ether oxygens (including phenoxy) is 1. The number of nitrogens with two attached hydrogens (primary N) is 1. The Bertz CT molecular complexity index is 1090. The second-order valence-corrected chi connectivity index (χ2v) is 7.31. The molecule has 0 bridgehead atoms. The Balaban J connectivity index is 1.72. The highest BCUT2D eigenvalue weighted by Crippen LogP contribution is 2.44. The fraction of sp³-hybridized carbons (Fsp3) is 0.190. The van der Waals surface area contributed by atoms with E-state index in [0.717, 1.165) is 11.1 Å². The minimum absolute atomic E-state index is 0.00896. The molecular formula is C21H19FN4O3. The third-order valence-electron chi connectivity index (χ3n) is 4.78. The van der Waals surface area contributed by atoms with Gasteiger partial charge in [0.05, 0.1) is 12.1 Å². The summed E-state index contributed by atoms with van der Waals surface area (Å²) in [6.45, 7) is 3.75. The first-order chi connectivity index (χ1) is 13.7. The van der Waals surface area contributed by atoms with Crippen LogP contribution in [-0.4, -0.2) is 28.9 Å². The lowest BCUT2D eigenvalue weighted by molar-refractivity contribution is -0.116. The van der Waals surface area contributed by atoms with Gasteiger partial charge < -0.3 is 21.1 Å². The molecule has 4 rings (SSSR count). The third kappa shape index (κ3) is 3.44. The number of hydrogen-bond donors (Lipinski definition) is 3. The van der Waals surface area contributed by atoms with Crippen molar-refractivity contribution in [3.63, 3.8) is 0 Å². The lowest BCUT2D eigenvalue weighted by Crippen LogP contribution is -2.22. The number of pyridine rings is 1. The van der Waals surface area contributed by atoms with Gasteiger partial charge in [0.1, 0.15) is 23.0 Å². The summed E-state index contributed by atoms with van der Waals surface area (Å²) in [4.78, 5) is 27.7. The van der Waals surface area contributed by atoms with Crippen LogP contribution >= 0.6 is 0 Å². The summed E-state index contributed by atoms with van der Waals surface area (Å²) in [7, 11) is 0. The van der Waals surface area contributed by atoms with E-state index < -0.39 is 17.3 Å². The number of fused-ring (bicyclic) bond motifs is 1. The van der Waals surface area contributed by atoms with Crippen molar-refractivity contribution in [2.24, 2.45) is 5.73 Å². The third-order valence-corrected chi connectivity index (χ3v) is 4.78. The summed E-state index contributed by atoms with van der Waals surface area (Å²) < 4.78 is 19.8. The van der Waals surface area contributed by atoms with E-state index >= 15 is 0 Å². The van der Waals surface area contributed by atoms with Gasteiger partial charge in [0.15, 0.2) is 0 Å². The van der Waals surface area contributed by atoms with Crippen molar-refractivity contribution in [3.05, 3.63) is 65.3 Å². The Morgan fingerprint density at radius 2 is 2.10 bits per heavy atom. The molecule has 2 aliphatic heterocycles. The smallest absolute Gasteiger partial charge is 0.260 e. The molecule has 148 valence electrons. The molecule has 0 fully saturated rings. The van der Waals surface area contributed by atoms with E-state index in [1.165, 1.54) is 18.2 Å². The molecule has 7 nitrogen and oxygen atoms in total. The summed E-state index contributed by atoms with van der Waals surface area (Å²) in [6, 6.07) is 7.71. The Hall–Kier alpha value is -3.68. The average Bonchev–Trinajstić information content (AvgIpc) is 3.15. The van der Waals surface area contributed by atoms with Crippen molar-refractivity contribution in [2.45, 2.75) is 19.4 Å². The van der Waals surface area contributed by atoms with Gasteiger partial charge in [-0.3, -0.25) is 9.59 Å². The summed E-state index contributed by atoms with van der Waals surface area (Å²) in [6.07, 6.45) is 3.43. The van der Waals surface area contributed by atoms with Gasteiger partial charge in [-0.05, 0) is 50.3 Å². The Morgan fingerprint density at radius 1 is 1.31 bits per heavy atom. The summed E-state index contributed by atoms with van der Waals surface area (Å²) in [5.74, 6) is -0.348. The lowest BCUT2D eigenvalue weighted by atomic mass is 9.93. The van der Waals surface area contributed by atoms with Crippen molar-refractivity contribution >= 4 is 34.5 Å². The van der Waals surface area contributed by atoms with Crippen LogP contribution in [0.1, 0.15) is 25.0 Å². The number of benzene rings is 1. The predicted octanol–water partition coefficient (Wildman–Crippen LogP) is 2.67. The van der Waals surface area contributed by atoms with Gasteiger partial charge in [0.25, 0.3) is 5.91 Å². The van der Waals surface area contributed by atoms with Crippen LogP contribution in [-0.2, 0) is 14.3 Å². The predicted molar refractivity (Wildman–Crippen MR) is 107 cm³/mol. The first-order valence-corrected chi connectivity index (χ1v) is 9.00. The van der Waals surface area contributed by atoms with E-state index in [2.05, 4.69) is 15.6 Å². The van der Waals surface area contributed by atoms with Gasteiger partial charge in [-0.15, -0.1) is 0 Å². The zero-order chi connectivity index (χ0) is 20.8.